The summed E-state index contributed by atoms with van der Waals surface area (Å²) in [6, 6.07) is 3.74. The van der Waals surface area contributed by atoms with E-state index in [2.05, 4.69) is 32.1 Å². The number of anilines is 1. The number of halogens is 2. The van der Waals surface area contributed by atoms with E-state index in [-0.39, 0.29) is 47.5 Å². The summed E-state index contributed by atoms with van der Waals surface area (Å²) in [7, 11) is 0. The summed E-state index contributed by atoms with van der Waals surface area (Å²) in [5, 5.41) is 2.63. The molecule has 3 N–H and O–H groups in total. The Morgan fingerprint density at radius 3 is 2.88 bits per heavy atom. The Bertz CT molecular complexity index is 1110. The molecule has 2 aliphatic rings. The van der Waals surface area contributed by atoms with Crippen LogP contribution in [0.15, 0.2) is 35.6 Å². The molecule has 0 radical (unpaired) electrons. The third-order valence-electron chi connectivity index (χ3n) is 5.63. The van der Waals surface area contributed by atoms with Crippen molar-refractivity contribution < 1.29 is 23.0 Å². The number of carbonyl (C=O) groups excluding carboxylic acids is 1. The van der Waals surface area contributed by atoms with Crippen LogP contribution >= 0.6 is 0 Å². The SMILES string of the molecule is CC#CCOc1cnc(C(=O)Nc2ccc(F)c(C3(CF)N=C(N)OC4CCC43)c2)cn1. The van der Waals surface area contributed by atoms with Gasteiger partial charge in [-0.05, 0) is 38.0 Å². The Hall–Kier alpha value is -3.74. The van der Waals surface area contributed by atoms with Gasteiger partial charge in [-0.3, -0.25) is 4.79 Å². The Labute approximate surface area is 183 Å². The molecule has 1 saturated carbocycles. The zero-order valence-electron chi connectivity index (χ0n) is 17.3. The van der Waals surface area contributed by atoms with Crippen LogP contribution < -0.4 is 15.8 Å². The van der Waals surface area contributed by atoms with Gasteiger partial charge in [0.15, 0.2) is 6.61 Å². The average molecular weight is 441 g/mol. The van der Waals surface area contributed by atoms with Crippen molar-refractivity contribution in [1.29, 1.82) is 0 Å². The lowest BCUT2D eigenvalue weighted by atomic mass is 9.65. The molecule has 1 aliphatic heterocycles. The zero-order valence-corrected chi connectivity index (χ0v) is 17.3. The van der Waals surface area contributed by atoms with Gasteiger partial charge < -0.3 is 20.5 Å². The van der Waals surface area contributed by atoms with Gasteiger partial charge in [0.05, 0.1) is 12.4 Å². The number of nitrogens with zero attached hydrogens (tertiary/aromatic N) is 3. The number of amides is 1. The van der Waals surface area contributed by atoms with Crippen LogP contribution in [-0.2, 0) is 10.3 Å². The number of amidine groups is 1. The van der Waals surface area contributed by atoms with Crippen LogP contribution in [0.5, 0.6) is 5.88 Å². The predicted octanol–water partition coefficient (Wildman–Crippen LogP) is 2.56. The number of benzene rings is 1. The summed E-state index contributed by atoms with van der Waals surface area (Å²) >= 11 is 0. The maximum absolute atomic E-state index is 14.8. The second-order valence-electron chi connectivity index (χ2n) is 7.45. The van der Waals surface area contributed by atoms with E-state index in [1.54, 1.807) is 6.92 Å². The molecule has 2 aromatic rings. The van der Waals surface area contributed by atoms with E-state index in [0.29, 0.717) is 12.8 Å². The van der Waals surface area contributed by atoms with Crippen molar-refractivity contribution in [3.63, 3.8) is 0 Å². The van der Waals surface area contributed by atoms with Crippen LogP contribution in [0.3, 0.4) is 0 Å². The third-order valence-corrected chi connectivity index (χ3v) is 5.63. The fraction of sp³-hybridized carbons (Fsp3) is 0.364. The molecule has 4 rings (SSSR count). The first kappa shape index (κ1) is 21.5. The van der Waals surface area contributed by atoms with Gasteiger partial charge >= 0.3 is 0 Å². The van der Waals surface area contributed by atoms with E-state index >= 15 is 0 Å². The maximum atomic E-state index is 14.8. The van der Waals surface area contributed by atoms with Crippen molar-refractivity contribution in [1.82, 2.24) is 9.97 Å². The fourth-order valence-corrected chi connectivity index (χ4v) is 3.90. The van der Waals surface area contributed by atoms with E-state index in [1.165, 1.54) is 24.5 Å². The average Bonchev–Trinajstić information content (AvgIpc) is 2.77. The molecule has 32 heavy (non-hydrogen) atoms. The van der Waals surface area contributed by atoms with E-state index < -0.39 is 23.9 Å². The van der Waals surface area contributed by atoms with Crippen LogP contribution in [0.4, 0.5) is 14.5 Å². The minimum Gasteiger partial charge on any atom is -0.463 e. The number of nitrogens with one attached hydrogen (secondary N) is 1. The molecule has 1 aromatic heterocycles. The summed E-state index contributed by atoms with van der Waals surface area (Å²) in [5.74, 6) is 4.09. The summed E-state index contributed by atoms with van der Waals surface area (Å²) in [6.07, 6.45) is 3.58. The number of nitrogens with two attached hydrogens (primary N) is 1. The number of carbonyl (C=O) groups is 1. The second-order valence-corrected chi connectivity index (χ2v) is 7.45. The topological polar surface area (TPSA) is 112 Å². The minimum atomic E-state index is -1.49. The van der Waals surface area contributed by atoms with E-state index in [4.69, 9.17) is 15.2 Å². The summed E-state index contributed by atoms with van der Waals surface area (Å²) in [6.45, 7) is 0.903. The number of ether oxygens (including phenoxy) is 2. The minimum absolute atomic E-state index is 0.0191. The Morgan fingerprint density at radius 2 is 2.22 bits per heavy atom. The Morgan fingerprint density at radius 1 is 1.38 bits per heavy atom. The number of aliphatic imine (C=N–C) groups is 1. The van der Waals surface area contributed by atoms with Gasteiger partial charge in [-0.25, -0.2) is 23.7 Å². The highest BCUT2D eigenvalue weighted by Gasteiger charge is 2.54. The fourth-order valence-electron chi connectivity index (χ4n) is 3.90. The number of hydrogen-bond acceptors (Lipinski definition) is 7. The molecule has 0 saturated heterocycles. The predicted molar refractivity (Wildman–Crippen MR) is 112 cm³/mol. The molecule has 0 bridgehead atoms. The molecule has 1 fully saturated rings. The van der Waals surface area contributed by atoms with E-state index in [1.807, 2.05) is 0 Å². The molecule has 2 heterocycles. The molecule has 1 amide bonds. The normalized spacial score (nSPS) is 23.4. The first-order chi connectivity index (χ1) is 15.5. The molecule has 1 aromatic carbocycles. The third kappa shape index (κ3) is 3.93. The van der Waals surface area contributed by atoms with Crippen LogP contribution in [0, 0.1) is 23.6 Å². The van der Waals surface area contributed by atoms with Gasteiger partial charge in [-0.1, -0.05) is 5.92 Å². The molecular formula is C22H21F2N5O3. The quantitative estimate of drug-likeness (QED) is 0.667. The number of rotatable bonds is 6. The Balaban J connectivity index is 1.56. The molecule has 0 spiro atoms. The van der Waals surface area contributed by atoms with E-state index in [9.17, 15) is 13.6 Å². The number of alkyl halides is 1. The molecule has 8 nitrogen and oxygen atoms in total. The highest BCUT2D eigenvalue weighted by molar-refractivity contribution is 6.02. The molecule has 166 valence electrons. The van der Waals surface area contributed by atoms with E-state index in [0.717, 1.165) is 6.07 Å². The number of aromatic nitrogens is 2. The maximum Gasteiger partial charge on any atom is 0.283 e. The van der Waals surface area contributed by atoms with Crippen LogP contribution in [0.2, 0.25) is 0 Å². The van der Waals surface area contributed by atoms with Crippen molar-refractivity contribution >= 4 is 17.6 Å². The number of hydrogen-bond donors (Lipinski definition) is 2. The summed E-state index contributed by atoms with van der Waals surface area (Å²) in [5.41, 5.74) is 4.56. The standard InChI is InChI=1S/C22H21F2N5O3/c1-2-3-8-31-19-11-26-17(10-27-19)20(30)28-13-4-6-16(24)15(9-13)22(12-23)14-5-7-18(14)32-21(25)29-22/h4,6,9-11,14,18H,5,7-8,12H2,1H3,(H2,25,29)(H,28,30). The van der Waals surface area contributed by atoms with Gasteiger partial charge in [0.1, 0.15) is 29.8 Å². The first-order valence-electron chi connectivity index (χ1n) is 10.0. The molecule has 3 atom stereocenters. The van der Waals surface area contributed by atoms with Gasteiger partial charge in [-0.2, -0.15) is 0 Å². The lowest BCUT2D eigenvalue weighted by Gasteiger charge is -2.49. The molecular weight excluding hydrogens is 420 g/mol. The lowest BCUT2D eigenvalue weighted by Crippen LogP contribution is -2.55. The largest absolute Gasteiger partial charge is 0.463 e. The van der Waals surface area contributed by atoms with Crippen molar-refractivity contribution in [2.75, 3.05) is 18.6 Å². The highest BCUT2D eigenvalue weighted by atomic mass is 19.1. The van der Waals surface area contributed by atoms with Gasteiger partial charge in [0.25, 0.3) is 11.9 Å². The van der Waals surface area contributed by atoms with Crippen molar-refractivity contribution in [2.45, 2.75) is 31.4 Å². The van der Waals surface area contributed by atoms with Crippen LogP contribution in [0.25, 0.3) is 0 Å². The van der Waals surface area contributed by atoms with Crippen LogP contribution in [0.1, 0.15) is 35.8 Å². The van der Waals surface area contributed by atoms with Crippen molar-refractivity contribution in [3.05, 3.63) is 47.7 Å². The van der Waals surface area contributed by atoms with Gasteiger partial charge in [-0.15, -0.1) is 5.92 Å². The second kappa shape index (κ2) is 8.78. The zero-order chi connectivity index (χ0) is 22.7. The van der Waals surface area contributed by atoms with Gasteiger partial charge in [0, 0.05) is 17.2 Å². The van der Waals surface area contributed by atoms with Crippen LogP contribution in [-0.4, -0.2) is 41.3 Å². The molecule has 10 heteroatoms. The van der Waals surface area contributed by atoms with Crippen molar-refractivity contribution in [2.24, 2.45) is 16.6 Å². The highest BCUT2D eigenvalue weighted by Crippen LogP contribution is 2.50. The lowest BCUT2D eigenvalue weighted by molar-refractivity contribution is -0.0433. The monoisotopic (exact) mass is 441 g/mol. The first-order valence-corrected chi connectivity index (χ1v) is 10.0. The summed E-state index contributed by atoms with van der Waals surface area (Å²) < 4.78 is 39.8. The van der Waals surface area contributed by atoms with Gasteiger partial charge in [0.2, 0.25) is 5.88 Å². The smallest absolute Gasteiger partial charge is 0.283 e. The summed E-state index contributed by atoms with van der Waals surface area (Å²) in [4.78, 5) is 24.8. The van der Waals surface area contributed by atoms with Crippen molar-refractivity contribution in [3.8, 4) is 17.7 Å². The molecule has 1 aliphatic carbocycles. The Kier molecular flexibility index (Phi) is 5.90. The number of fused-ring (bicyclic) bond motifs is 1. The molecule has 3 unspecified atom stereocenters.